The monoisotopic (exact) mass is 694 g/mol. The Bertz CT molecular complexity index is 1110. The number of imide groups is 1. The Morgan fingerprint density at radius 2 is 1.50 bits per heavy atom. The molecule has 0 bridgehead atoms. The number of carbonyl (C=O) groups excluding carboxylic acids is 4. The molecule has 3 rings (SSSR count). The lowest BCUT2D eigenvalue weighted by atomic mass is 10.1. The van der Waals surface area contributed by atoms with E-state index in [-0.39, 0.29) is 11.1 Å². The fourth-order valence-corrected chi connectivity index (χ4v) is 5.47. The lowest BCUT2D eigenvalue weighted by Gasteiger charge is -2.21. The second kappa shape index (κ2) is 10.0. The number of anilines is 1. The van der Waals surface area contributed by atoms with E-state index < -0.39 is 36.3 Å². The molecule has 8 nitrogen and oxygen atoms in total. The molecule has 0 fully saturated rings. The summed E-state index contributed by atoms with van der Waals surface area (Å²) in [5.41, 5.74) is 0.645. The van der Waals surface area contributed by atoms with Crippen LogP contribution in [0.1, 0.15) is 27.6 Å². The van der Waals surface area contributed by atoms with Gasteiger partial charge in [-0.3, -0.25) is 19.3 Å². The number of fused-ring (bicyclic) bond motifs is 1. The van der Waals surface area contributed by atoms with E-state index >= 15 is 0 Å². The molecule has 1 aliphatic heterocycles. The van der Waals surface area contributed by atoms with Crippen LogP contribution in [-0.4, -0.2) is 48.3 Å². The Morgan fingerprint density at radius 1 is 0.969 bits per heavy atom. The average molecular weight is 698 g/mol. The van der Waals surface area contributed by atoms with Gasteiger partial charge in [-0.1, -0.05) is 12.1 Å². The van der Waals surface area contributed by atoms with Gasteiger partial charge in [-0.05, 0) is 82.8 Å². The SMILES string of the molecule is COc1ccccc1NC(=O)COC(=O)[C@H](C)N1C(=O)c2c(Br)c(Br)c(Br)c(Br)c2C1=O. The molecular formula is C20H14Br4N2O6. The zero-order valence-corrected chi connectivity index (χ0v) is 22.8. The summed E-state index contributed by atoms with van der Waals surface area (Å²) in [7, 11) is 1.46. The molecule has 2 aromatic rings. The van der Waals surface area contributed by atoms with E-state index in [4.69, 9.17) is 9.47 Å². The molecule has 0 unspecified atom stereocenters. The van der Waals surface area contributed by atoms with Crippen LogP contribution in [0.25, 0.3) is 0 Å². The summed E-state index contributed by atoms with van der Waals surface area (Å²) >= 11 is 13.3. The number of para-hydroxylation sites is 2. The average Bonchev–Trinajstić information content (AvgIpc) is 3.04. The number of esters is 1. The van der Waals surface area contributed by atoms with Gasteiger partial charge in [0.05, 0.1) is 23.9 Å². The zero-order chi connectivity index (χ0) is 23.7. The highest BCUT2D eigenvalue weighted by Crippen LogP contribution is 2.45. The molecule has 0 saturated carbocycles. The van der Waals surface area contributed by atoms with E-state index in [9.17, 15) is 19.2 Å². The highest BCUT2D eigenvalue weighted by atomic mass is 79.9. The molecular weight excluding hydrogens is 684 g/mol. The van der Waals surface area contributed by atoms with Gasteiger partial charge in [0.2, 0.25) is 0 Å². The molecule has 168 valence electrons. The minimum atomic E-state index is -1.25. The van der Waals surface area contributed by atoms with Crippen molar-refractivity contribution in [1.29, 1.82) is 0 Å². The second-order valence-corrected chi connectivity index (χ2v) is 9.69. The van der Waals surface area contributed by atoms with Crippen molar-refractivity contribution in [2.75, 3.05) is 19.0 Å². The maximum absolute atomic E-state index is 13.0. The molecule has 12 heteroatoms. The Kier molecular flexibility index (Phi) is 7.79. The van der Waals surface area contributed by atoms with E-state index in [2.05, 4.69) is 69.0 Å². The van der Waals surface area contributed by atoms with E-state index in [0.717, 1.165) is 4.90 Å². The van der Waals surface area contributed by atoms with Gasteiger partial charge < -0.3 is 14.8 Å². The van der Waals surface area contributed by atoms with Crippen LogP contribution < -0.4 is 10.1 Å². The summed E-state index contributed by atoms with van der Waals surface area (Å²) in [5.74, 6) is -2.38. The van der Waals surface area contributed by atoms with Crippen LogP contribution in [0.5, 0.6) is 5.75 Å². The van der Waals surface area contributed by atoms with E-state index in [0.29, 0.717) is 29.3 Å². The first kappa shape index (κ1) is 24.9. The van der Waals surface area contributed by atoms with Crippen molar-refractivity contribution in [2.24, 2.45) is 0 Å². The van der Waals surface area contributed by atoms with Crippen LogP contribution in [0.15, 0.2) is 42.2 Å². The second-order valence-electron chi connectivity index (χ2n) is 6.52. The van der Waals surface area contributed by atoms with Gasteiger partial charge in [0.15, 0.2) is 6.61 Å². The summed E-state index contributed by atoms with van der Waals surface area (Å²) in [4.78, 5) is 51.4. The molecule has 1 N–H and O–H groups in total. The Labute approximate surface area is 216 Å². The number of amides is 3. The lowest BCUT2D eigenvalue weighted by molar-refractivity contribution is -0.150. The first-order valence-corrected chi connectivity index (χ1v) is 12.1. The number of nitrogens with one attached hydrogen (secondary N) is 1. The van der Waals surface area contributed by atoms with Crippen molar-refractivity contribution in [3.05, 3.63) is 53.3 Å². The molecule has 3 amide bonds. The molecule has 1 aliphatic rings. The molecule has 32 heavy (non-hydrogen) atoms. The third kappa shape index (κ3) is 4.50. The van der Waals surface area contributed by atoms with Gasteiger partial charge in [0, 0.05) is 17.9 Å². The number of ether oxygens (including phenoxy) is 2. The number of hydrogen-bond donors (Lipinski definition) is 1. The third-order valence-corrected chi connectivity index (χ3v) is 9.36. The maximum atomic E-state index is 13.0. The van der Waals surface area contributed by atoms with E-state index in [1.807, 2.05) is 0 Å². The molecule has 0 spiro atoms. The smallest absolute Gasteiger partial charge is 0.329 e. The zero-order valence-electron chi connectivity index (χ0n) is 16.5. The quantitative estimate of drug-likeness (QED) is 0.199. The van der Waals surface area contributed by atoms with Crippen LogP contribution in [0.4, 0.5) is 5.69 Å². The van der Waals surface area contributed by atoms with Crippen LogP contribution in [0, 0.1) is 0 Å². The van der Waals surface area contributed by atoms with Crippen molar-refractivity contribution in [2.45, 2.75) is 13.0 Å². The minimum absolute atomic E-state index is 0.116. The van der Waals surface area contributed by atoms with Gasteiger partial charge in [-0.15, -0.1) is 0 Å². The number of rotatable bonds is 6. The predicted octanol–water partition coefficient (Wildman–Crippen LogP) is 4.91. The third-order valence-electron chi connectivity index (χ3n) is 4.59. The Balaban J connectivity index is 1.72. The van der Waals surface area contributed by atoms with Gasteiger partial charge >= 0.3 is 5.97 Å². The van der Waals surface area contributed by atoms with Gasteiger partial charge in [-0.25, -0.2) is 4.79 Å². The number of benzene rings is 2. The first-order valence-electron chi connectivity index (χ1n) is 8.93. The molecule has 1 atom stereocenters. The molecule has 2 aromatic carbocycles. The summed E-state index contributed by atoms with van der Waals surface area (Å²) in [6, 6.07) is 5.50. The Hall–Kier alpha value is -1.76. The molecule has 0 aromatic heterocycles. The predicted molar refractivity (Wildman–Crippen MR) is 130 cm³/mol. The highest BCUT2D eigenvalue weighted by molar-refractivity contribution is 9.15. The van der Waals surface area contributed by atoms with E-state index in [1.54, 1.807) is 24.3 Å². The van der Waals surface area contributed by atoms with Gasteiger partial charge in [0.25, 0.3) is 17.7 Å². The number of nitrogens with zero attached hydrogens (tertiary/aromatic N) is 1. The first-order chi connectivity index (χ1) is 15.1. The summed E-state index contributed by atoms with van der Waals surface area (Å²) in [6.45, 7) is 0.753. The van der Waals surface area contributed by atoms with Crippen molar-refractivity contribution in [3.8, 4) is 5.75 Å². The summed E-state index contributed by atoms with van der Waals surface area (Å²) in [5, 5.41) is 2.57. The fraction of sp³-hybridized carbons (Fsp3) is 0.200. The highest BCUT2D eigenvalue weighted by Gasteiger charge is 2.45. The lowest BCUT2D eigenvalue weighted by Crippen LogP contribution is -2.44. The van der Waals surface area contributed by atoms with Crippen LogP contribution in [-0.2, 0) is 14.3 Å². The van der Waals surface area contributed by atoms with Crippen molar-refractivity contribution >= 4 is 93.1 Å². The largest absolute Gasteiger partial charge is 0.495 e. The normalized spacial score (nSPS) is 13.6. The molecule has 0 radical (unpaired) electrons. The number of methoxy groups -OCH3 is 1. The molecule has 0 saturated heterocycles. The van der Waals surface area contributed by atoms with Crippen molar-refractivity contribution in [1.82, 2.24) is 4.90 Å². The molecule has 1 heterocycles. The van der Waals surface area contributed by atoms with Crippen LogP contribution in [0.3, 0.4) is 0 Å². The number of hydrogen-bond acceptors (Lipinski definition) is 6. The summed E-state index contributed by atoms with van der Waals surface area (Å²) < 4.78 is 12.0. The topological polar surface area (TPSA) is 102 Å². The number of halogens is 4. The fourth-order valence-electron chi connectivity index (χ4n) is 3.02. The summed E-state index contributed by atoms with van der Waals surface area (Å²) in [6.07, 6.45) is 0. The number of carbonyl (C=O) groups is 4. The van der Waals surface area contributed by atoms with Gasteiger partial charge in [0.1, 0.15) is 11.8 Å². The van der Waals surface area contributed by atoms with Gasteiger partial charge in [-0.2, -0.15) is 0 Å². The minimum Gasteiger partial charge on any atom is -0.495 e. The van der Waals surface area contributed by atoms with E-state index in [1.165, 1.54) is 14.0 Å². The standard InChI is InChI=1S/C20H14Br4N2O6/c1-8(20(30)32-7-11(27)25-9-5-3-4-6-10(9)31-2)26-18(28)12-13(19(26)29)15(22)17(24)16(23)14(12)21/h3-6,8H,7H2,1-2H3,(H,25,27)/t8-/m0/s1. The molecule has 0 aliphatic carbocycles. The van der Waals surface area contributed by atoms with Crippen LogP contribution in [0.2, 0.25) is 0 Å². The van der Waals surface area contributed by atoms with Crippen molar-refractivity contribution < 1.29 is 28.7 Å². The van der Waals surface area contributed by atoms with Crippen LogP contribution >= 0.6 is 63.7 Å². The maximum Gasteiger partial charge on any atom is 0.329 e. The van der Waals surface area contributed by atoms with Crippen molar-refractivity contribution in [3.63, 3.8) is 0 Å². The Morgan fingerprint density at radius 3 is 2.03 bits per heavy atom.